The Morgan fingerprint density at radius 3 is 2.58 bits per heavy atom. The third kappa shape index (κ3) is 4.08. The Morgan fingerprint density at radius 1 is 1.29 bits per heavy atom. The third-order valence-electron chi connectivity index (χ3n) is 5.50. The highest BCUT2D eigenvalue weighted by molar-refractivity contribution is 6.09. The van der Waals surface area contributed by atoms with Gasteiger partial charge in [-0.25, -0.2) is 0 Å². The van der Waals surface area contributed by atoms with Crippen LogP contribution in [-0.4, -0.2) is 43.2 Å². The van der Waals surface area contributed by atoms with E-state index in [1.54, 1.807) is 6.92 Å². The van der Waals surface area contributed by atoms with E-state index in [9.17, 15) is 19.7 Å². The molecular formula is C22H24N2O7. The molecule has 0 fully saturated rings. The molecule has 1 aliphatic heterocycles. The second-order valence-corrected chi connectivity index (χ2v) is 7.29. The van der Waals surface area contributed by atoms with Gasteiger partial charge in [0.15, 0.2) is 17.3 Å². The van der Waals surface area contributed by atoms with E-state index in [4.69, 9.17) is 14.2 Å². The molecular weight excluding hydrogens is 404 g/mol. The molecule has 0 spiro atoms. The average Bonchev–Trinajstić information content (AvgIpc) is 2.75. The van der Waals surface area contributed by atoms with Crippen LogP contribution in [0.2, 0.25) is 0 Å². The number of methoxy groups -OCH3 is 2. The van der Waals surface area contributed by atoms with E-state index in [1.165, 1.54) is 32.4 Å². The van der Waals surface area contributed by atoms with E-state index < -0.39 is 22.7 Å². The molecule has 9 nitrogen and oxygen atoms in total. The molecule has 1 aromatic rings. The summed E-state index contributed by atoms with van der Waals surface area (Å²) < 4.78 is 15.8. The molecule has 0 bridgehead atoms. The van der Waals surface area contributed by atoms with Gasteiger partial charge in [0.2, 0.25) is 0 Å². The summed E-state index contributed by atoms with van der Waals surface area (Å²) in [4.78, 5) is 41.8. The number of rotatable bonds is 7. The van der Waals surface area contributed by atoms with Crippen LogP contribution in [0.1, 0.15) is 37.7 Å². The first-order chi connectivity index (χ1) is 14.8. The summed E-state index contributed by atoms with van der Waals surface area (Å²) in [6.07, 6.45) is 2.92. The second-order valence-electron chi connectivity index (χ2n) is 7.29. The van der Waals surface area contributed by atoms with Crippen LogP contribution in [0, 0.1) is 16.0 Å². The van der Waals surface area contributed by atoms with Crippen molar-refractivity contribution in [2.45, 2.75) is 32.1 Å². The minimum absolute atomic E-state index is 0.0246. The maximum atomic E-state index is 13.0. The van der Waals surface area contributed by atoms with E-state index in [0.717, 1.165) is 0 Å². The Labute approximate surface area is 179 Å². The highest BCUT2D eigenvalue weighted by atomic mass is 16.6. The predicted molar refractivity (Wildman–Crippen MR) is 113 cm³/mol. The largest absolute Gasteiger partial charge is 0.493 e. The lowest BCUT2D eigenvalue weighted by Gasteiger charge is -2.34. The molecule has 164 valence electrons. The van der Waals surface area contributed by atoms with Gasteiger partial charge in [0.25, 0.3) is 5.69 Å². The molecule has 1 heterocycles. The second kappa shape index (κ2) is 9.11. The van der Waals surface area contributed by atoms with Crippen LogP contribution in [0.5, 0.6) is 11.5 Å². The number of benzene rings is 1. The van der Waals surface area contributed by atoms with Crippen LogP contribution in [0.4, 0.5) is 5.69 Å². The van der Waals surface area contributed by atoms with Crippen molar-refractivity contribution in [3.8, 4) is 11.5 Å². The van der Waals surface area contributed by atoms with E-state index in [-0.39, 0.29) is 35.1 Å². The number of carbonyl (C=O) groups excluding carboxylic acids is 2. The number of ether oxygens (including phenoxy) is 3. The predicted octanol–water partition coefficient (Wildman–Crippen LogP) is 3.52. The first-order valence-corrected chi connectivity index (χ1v) is 9.83. The van der Waals surface area contributed by atoms with Crippen LogP contribution in [-0.2, 0) is 14.3 Å². The van der Waals surface area contributed by atoms with Gasteiger partial charge in [-0.3, -0.25) is 24.7 Å². The Balaban J connectivity index is 2.29. The molecule has 2 aliphatic rings. The number of hydrogen-bond acceptors (Lipinski definition) is 8. The van der Waals surface area contributed by atoms with Crippen molar-refractivity contribution < 1.29 is 28.7 Å². The van der Waals surface area contributed by atoms with Crippen LogP contribution < -0.4 is 9.47 Å². The number of ketones is 1. The Kier molecular flexibility index (Phi) is 6.53. The maximum Gasteiger partial charge on any atom is 0.315 e. The number of esters is 1. The minimum atomic E-state index is -0.988. The van der Waals surface area contributed by atoms with Gasteiger partial charge in [-0.05, 0) is 25.8 Å². The summed E-state index contributed by atoms with van der Waals surface area (Å²) in [7, 11) is 2.78. The van der Waals surface area contributed by atoms with Gasteiger partial charge in [-0.15, -0.1) is 0 Å². The first-order valence-electron chi connectivity index (χ1n) is 9.83. The zero-order chi connectivity index (χ0) is 22.7. The van der Waals surface area contributed by atoms with Gasteiger partial charge in [-0.2, -0.15) is 0 Å². The van der Waals surface area contributed by atoms with E-state index in [2.05, 4.69) is 11.6 Å². The molecule has 0 radical (unpaired) electrons. The number of aliphatic imine (C=N–C) groups is 1. The van der Waals surface area contributed by atoms with Gasteiger partial charge in [0.05, 0.1) is 25.2 Å². The molecule has 2 atom stereocenters. The first kappa shape index (κ1) is 22.2. The lowest BCUT2D eigenvalue weighted by atomic mass is 9.71. The normalized spacial score (nSPS) is 20.5. The molecule has 1 unspecified atom stereocenters. The quantitative estimate of drug-likeness (QED) is 0.282. The van der Waals surface area contributed by atoms with Gasteiger partial charge < -0.3 is 14.2 Å². The fourth-order valence-electron chi connectivity index (χ4n) is 4.17. The zero-order valence-electron chi connectivity index (χ0n) is 17.7. The zero-order valence-corrected chi connectivity index (χ0v) is 17.7. The third-order valence-corrected chi connectivity index (χ3v) is 5.50. The SMILES string of the molecule is C=CCOC(=O)C1C(C)=NC2=C(C(=O)CCC2)[C@@H]1c1cc(OC)c(OC)cc1[N+](=O)[O-]. The maximum absolute atomic E-state index is 13.0. The van der Waals surface area contributed by atoms with Crippen LogP contribution in [0.15, 0.2) is 41.1 Å². The summed E-state index contributed by atoms with van der Waals surface area (Å²) in [6, 6.07) is 2.70. The molecule has 1 aromatic carbocycles. The fraction of sp³-hybridized carbons (Fsp3) is 0.409. The number of nitrogens with zero attached hydrogens (tertiary/aromatic N) is 2. The molecule has 9 heteroatoms. The van der Waals surface area contributed by atoms with E-state index >= 15 is 0 Å². The van der Waals surface area contributed by atoms with Gasteiger partial charge in [0.1, 0.15) is 12.5 Å². The van der Waals surface area contributed by atoms with Gasteiger partial charge >= 0.3 is 5.97 Å². The highest BCUT2D eigenvalue weighted by Crippen LogP contribution is 2.48. The molecule has 0 aromatic heterocycles. The molecule has 1 aliphatic carbocycles. The van der Waals surface area contributed by atoms with E-state index in [0.29, 0.717) is 36.2 Å². The van der Waals surface area contributed by atoms with Crippen molar-refractivity contribution in [1.82, 2.24) is 0 Å². The topological polar surface area (TPSA) is 117 Å². The number of hydrogen-bond donors (Lipinski definition) is 0. The standard InChI is InChI=1S/C22H24N2O7/c1-5-9-31-22(26)19-12(2)23-14-7-6-8-16(25)21(14)20(19)13-10-17(29-3)18(30-4)11-15(13)24(27)28/h5,10-11,19-20H,1,6-9H2,2-4H3/t19?,20-/m1/s1. The smallest absolute Gasteiger partial charge is 0.315 e. The Bertz CT molecular complexity index is 1010. The summed E-state index contributed by atoms with van der Waals surface area (Å²) in [5, 5.41) is 12.0. The van der Waals surface area contributed by atoms with Crippen molar-refractivity contribution in [3.05, 3.63) is 51.7 Å². The summed E-state index contributed by atoms with van der Waals surface area (Å²) in [5.74, 6) is -2.27. The number of allylic oxidation sites excluding steroid dienone is 2. The Morgan fingerprint density at radius 2 is 1.97 bits per heavy atom. The van der Waals surface area contributed by atoms with Crippen LogP contribution in [0.25, 0.3) is 0 Å². The lowest BCUT2D eigenvalue weighted by Crippen LogP contribution is -2.37. The van der Waals surface area contributed by atoms with Gasteiger partial charge in [0, 0.05) is 34.9 Å². The van der Waals surface area contributed by atoms with Gasteiger partial charge in [-0.1, -0.05) is 12.7 Å². The lowest BCUT2D eigenvalue weighted by molar-refractivity contribution is -0.385. The number of nitro groups is 1. The number of nitro benzene ring substituents is 1. The molecule has 31 heavy (non-hydrogen) atoms. The van der Waals surface area contributed by atoms with Crippen molar-refractivity contribution >= 4 is 23.2 Å². The highest BCUT2D eigenvalue weighted by Gasteiger charge is 2.46. The van der Waals surface area contributed by atoms with Crippen molar-refractivity contribution in [1.29, 1.82) is 0 Å². The molecule has 0 saturated heterocycles. The molecule has 0 N–H and O–H groups in total. The summed E-state index contributed by atoms with van der Waals surface area (Å²) in [6.45, 7) is 5.18. The average molecular weight is 428 g/mol. The minimum Gasteiger partial charge on any atom is -0.493 e. The Hall–Kier alpha value is -3.49. The fourth-order valence-corrected chi connectivity index (χ4v) is 4.17. The van der Waals surface area contributed by atoms with Crippen LogP contribution in [0.3, 0.4) is 0 Å². The molecule has 3 rings (SSSR count). The van der Waals surface area contributed by atoms with Crippen molar-refractivity contribution in [2.75, 3.05) is 20.8 Å². The van der Waals surface area contributed by atoms with Crippen molar-refractivity contribution in [3.63, 3.8) is 0 Å². The molecule has 0 saturated carbocycles. The monoisotopic (exact) mass is 428 g/mol. The van der Waals surface area contributed by atoms with E-state index in [1.807, 2.05) is 0 Å². The van der Waals surface area contributed by atoms with Crippen molar-refractivity contribution in [2.24, 2.45) is 10.9 Å². The summed E-state index contributed by atoms with van der Waals surface area (Å²) >= 11 is 0. The number of carbonyl (C=O) groups is 2. The number of Topliss-reactive ketones (excluding diaryl/α,β-unsaturated/α-hetero) is 1. The molecule has 0 amide bonds. The summed E-state index contributed by atoms with van der Waals surface area (Å²) in [5.41, 5.74) is 1.24. The van der Waals surface area contributed by atoms with Crippen LogP contribution >= 0.6 is 0 Å².